The second-order valence-corrected chi connectivity index (χ2v) is 12.4. The van der Waals surface area contributed by atoms with Gasteiger partial charge in [0, 0.05) is 13.2 Å². The van der Waals surface area contributed by atoms with E-state index < -0.39 is 51.0 Å². The Balaban J connectivity index is 2.02. The van der Waals surface area contributed by atoms with E-state index in [1.807, 2.05) is 0 Å². The molecule has 0 aliphatic carbocycles. The Kier molecular flexibility index (Phi) is 9.44. The second-order valence-electron chi connectivity index (χ2n) is 8.74. The number of hydrogen-bond acceptors (Lipinski definition) is 7. The van der Waals surface area contributed by atoms with Crippen molar-refractivity contribution in [2.75, 3.05) is 18.6 Å². The lowest BCUT2D eigenvalue weighted by Gasteiger charge is -2.42. The van der Waals surface area contributed by atoms with Crippen LogP contribution in [0.4, 0.5) is 39.5 Å². The number of aromatic nitrogens is 6. The lowest BCUT2D eigenvalue weighted by molar-refractivity contribution is -0.142. The van der Waals surface area contributed by atoms with Gasteiger partial charge in [-0.05, 0) is 54.7 Å². The SMILES string of the molecule is CO[Si](O)(O)CCCSCCC[B-](n1ccc(C(F)(F)F)n1)(n1ccc(C(F)(F)F)n1)n1ccc(C(F)(F)F)n1. The molecular weight excluding hydrogens is 602 g/mol. The van der Waals surface area contributed by atoms with Gasteiger partial charge in [-0.15, -0.1) is 6.32 Å². The minimum Gasteiger partial charge on any atom is -0.399 e. The number of nitrogens with zero attached hydrogens (tertiary/aromatic N) is 6. The smallest absolute Gasteiger partial charge is 0.399 e. The molecule has 0 aromatic carbocycles. The largest absolute Gasteiger partial charge is 0.495 e. The van der Waals surface area contributed by atoms with Crippen LogP contribution in [0, 0.1) is 0 Å². The number of rotatable bonds is 12. The van der Waals surface area contributed by atoms with Crippen LogP contribution in [0.1, 0.15) is 29.9 Å². The van der Waals surface area contributed by atoms with Gasteiger partial charge in [-0.1, -0.05) is 6.42 Å². The summed E-state index contributed by atoms with van der Waals surface area (Å²) in [4.78, 5) is 19.2. The van der Waals surface area contributed by atoms with Crippen LogP contribution in [0.3, 0.4) is 0 Å². The van der Waals surface area contributed by atoms with E-state index in [4.69, 9.17) is 0 Å². The molecular formula is C19H23BF9N6O3SSi-. The number of halogens is 9. The highest BCUT2D eigenvalue weighted by Crippen LogP contribution is 2.33. The molecule has 40 heavy (non-hydrogen) atoms. The summed E-state index contributed by atoms with van der Waals surface area (Å²) in [5.74, 6) is 0.662. The highest BCUT2D eigenvalue weighted by atomic mass is 32.2. The van der Waals surface area contributed by atoms with Crippen molar-refractivity contribution < 1.29 is 53.5 Å². The van der Waals surface area contributed by atoms with Gasteiger partial charge in [0.15, 0.2) is 17.1 Å². The van der Waals surface area contributed by atoms with Crippen LogP contribution < -0.4 is 0 Å². The third-order valence-corrected chi connectivity index (χ3v) is 8.78. The molecule has 0 aliphatic rings. The van der Waals surface area contributed by atoms with E-state index in [1.54, 1.807) is 0 Å². The van der Waals surface area contributed by atoms with Gasteiger partial charge in [-0.25, -0.2) is 15.3 Å². The molecule has 2 N–H and O–H groups in total. The fraction of sp³-hybridized carbons (Fsp3) is 0.526. The molecule has 3 aromatic rings. The molecule has 0 radical (unpaired) electrons. The third-order valence-electron chi connectivity index (χ3n) is 5.97. The molecule has 21 heteroatoms. The van der Waals surface area contributed by atoms with Crippen molar-refractivity contribution in [2.24, 2.45) is 0 Å². The van der Waals surface area contributed by atoms with Gasteiger partial charge in [0.2, 0.25) is 0 Å². The van der Waals surface area contributed by atoms with Crippen LogP contribution in [0.5, 0.6) is 0 Å². The molecule has 3 aromatic heterocycles. The Labute approximate surface area is 226 Å². The first-order valence-electron chi connectivity index (χ1n) is 11.5. The van der Waals surface area contributed by atoms with E-state index in [9.17, 15) is 49.1 Å². The zero-order valence-corrected chi connectivity index (χ0v) is 22.4. The van der Waals surface area contributed by atoms with E-state index in [2.05, 4.69) is 19.7 Å². The monoisotopic (exact) mass is 625 g/mol. The van der Waals surface area contributed by atoms with Crippen LogP contribution in [0.15, 0.2) is 36.8 Å². The van der Waals surface area contributed by atoms with Crippen LogP contribution in [0.2, 0.25) is 12.4 Å². The summed E-state index contributed by atoms with van der Waals surface area (Å²) in [7, 11) is -2.62. The van der Waals surface area contributed by atoms with Crippen molar-refractivity contribution in [2.45, 2.75) is 43.7 Å². The lowest BCUT2D eigenvalue weighted by atomic mass is 9.55. The third kappa shape index (κ3) is 7.42. The quantitative estimate of drug-likeness (QED) is 0.176. The average Bonchev–Trinajstić information content (AvgIpc) is 3.60. The van der Waals surface area contributed by atoms with Crippen molar-refractivity contribution in [1.82, 2.24) is 29.1 Å². The molecule has 224 valence electrons. The van der Waals surface area contributed by atoms with Gasteiger partial charge in [0.25, 0.3) is 0 Å². The Morgan fingerprint density at radius 1 is 0.750 bits per heavy atom. The number of thioether (sulfide) groups is 1. The van der Waals surface area contributed by atoms with Gasteiger partial charge in [0.1, 0.15) is 0 Å². The average molecular weight is 625 g/mol. The van der Waals surface area contributed by atoms with Crippen molar-refractivity contribution >= 4 is 27.1 Å². The maximum atomic E-state index is 13.4. The topological polar surface area (TPSA) is 103 Å². The summed E-state index contributed by atoms with van der Waals surface area (Å²) in [6.45, 7) is -3.25. The van der Waals surface area contributed by atoms with Crippen LogP contribution in [-0.2, 0) is 23.0 Å². The van der Waals surface area contributed by atoms with Crippen molar-refractivity contribution in [3.8, 4) is 0 Å². The number of hydrogen-bond donors (Lipinski definition) is 2. The van der Waals surface area contributed by atoms with E-state index >= 15 is 0 Å². The second kappa shape index (κ2) is 11.8. The van der Waals surface area contributed by atoms with Crippen molar-refractivity contribution in [1.29, 1.82) is 0 Å². The van der Waals surface area contributed by atoms with Gasteiger partial charge in [0.05, 0.1) is 0 Å². The summed E-state index contributed by atoms with van der Waals surface area (Å²) in [6.07, 6.45) is -12.4. The van der Waals surface area contributed by atoms with E-state index in [0.29, 0.717) is 44.2 Å². The predicted octanol–water partition coefficient (Wildman–Crippen LogP) is 4.30. The first kappa shape index (κ1) is 32.0. The van der Waals surface area contributed by atoms with E-state index in [1.165, 1.54) is 11.8 Å². The molecule has 0 atom stereocenters. The summed E-state index contributed by atoms with van der Waals surface area (Å²) in [5, 5.41) is 10.4. The summed E-state index contributed by atoms with van der Waals surface area (Å²) in [6, 6.07) is 1.63. The molecule has 0 saturated carbocycles. The van der Waals surface area contributed by atoms with Crippen molar-refractivity contribution in [3.05, 3.63) is 53.9 Å². The lowest BCUT2D eigenvalue weighted by Crippen LogP contribution is -2.59. The van der Waals surface area contributed by atoms with Crippen molar-refractivity contribution in [3.63, 3.8) is 0 Å². The Hall–Kier alpha value is -2.49. The molecule has 0 saturated heterocycles. The zero-order valence-electron chi connectivity index (χ0n) is 20.6. The summed E-state index contributed by atoms with van der Waals surface area (Å²) >= 11 is 1.28. The first-order valence-corrected chi connectivity index (χ1v) is 14.7. The summed E-state index contributed by atoms with van der Waals surface area (Å²) in [5.41, 5.74) is -4.25. The molecule has 0 bridgehead atoms. The molecule has 0 aliphatic heterocycles. The molecule has 3 rings (SSSR count). The Bertz CT molecular complexity index is 1130. The zero-order chi connectivity index (χ0) is 30.0. The molecule has 3 heterocycles. The fourth-order valence-corrected chi connectivity index (χ4v) is 6.01. The van der Waals surface area contributed by atoms with Crippen LogP contribution >= 0.6 is 11.8 Å². The Morgan fingerprint density at radius 3 is 1.45 bits per heavy atom. The van der Waals surface area contributed by atoms with Crippen LogP contribution in [-0.4, -0.2) is 72.6 Å². The van der Waals surface area contributed by atoms with Crippen LogP contribution in [0.25, 0.3) is 0 Å². The number of alkyl halides is 9. The highest BCUT2D eigenvalue weighted by Gasteiger charge is 2.42. The normalized spacial score (nSPS) is 13.8. The minimum absolute atomic E-state index is 0.00110. The molecule has 0 spiro atoms. The molecule has 9 nitrogen and oxygen atoms in total. The fourth-order valence-electron chi connectivity index (χ4n) is 3.99. The predicted molar refractivity (Wildman–Crippen MR) is 127 cm³/mol. The van der Waals surface area contributed by atoms with Gasteiger partial charge >= 0.3 is 33.9 Å². The Morgan fingerprint density at radius 2 is 1.12 bits per heavy atom. The molecule has 0 amide bonds. The molecule has 0 fully saturated rings. The molecule has 0 unspecified atom stereocenters. The van der Waals surface area contributed by atoms with E-state index in [0.717, 1.165) is 25.7 Å². The van der Waals surface area contributed by atoms with Gasteiger partial charge in [-0.3, -0.25) is 0 Å². The minimum atomic E-state index is -4.95. The maximum absolute atomic E-state index is 13.4. The highest BCUT2D eigenvalue weighted by molar-refractivity contribution is 7.99. The maximum Gasteiger partial charge on any atom is 0.495 e. The summed E-state index contributed by atoms with van der Waals surface area (Å²) < 4.78 is 127. The van der Waals surface area contributed by atoms with E-state index in [-0.39, 0.29) is 24.5 Å². The van der Waals surface area contributed by atoms with Gasteiger partial charge in [-0.2, -0.15) is 51.3 Å². The first-order chi connectivity index (χ1) is 18.4. The van der Waals surface area contributed by atoms with Gasteiger partial charge < -0.3 is 27.8 Å². The standard InChI is InChI=1S/C19H23BF9N6O3SSi/c1-38-40(36,37)13-3-12-39-11-2-7-20(33-8-4-14(30-33)17(21,22)23,34-9-5-15(31-34)18(24,25)26)35-10-6-16(32-35)19(27,28)29/h4-6,8-10,36-37H,2-3,7,11-13H2,1H3/q-1.